The highest BCUT2D eigenvalue weighted by atomic mass is 16.2. The van der Waals surface area contributed by atoms with E-state index in [1.54, 1.807) is 0 Å². The lowest BCUT2D eigenvalue weighted by Crippen LogP contribution is -2.29. The number of hydrogen-bond donors (Lipinski definition) is 0. The van der Waals surface area contributed by atoms with Gasteiger partial charge in [-0.05, 0) is 42.2 Å². The van der Waals surface area contributed by atoms with E-state index in [1.807, 2.05) is 71.8 Å². The SMILES string of the molecule is O=C1c2ccccc2CN1C(CCc1ccccn1)c1ccccc1. The van der Waals surface area contributed by atoms with Crippen LogP contribution in [0.3, 0.4) is 0 Å². The zero-order valence-corrected chi connectivity index (χ0v) is 14.0. The van der Waals surface area contributed by atoms with Crippen LogP contribution in [0.15, 0.2) is 79.0 Å². The molecule has 124 valence electrons. The number of aryl methyl sites for hydroxylation is 1. The van der Waals surface area contributed by atoms with Crippen LogP contribution < -0.4 is 0 Å². The molecule has 3 heteroatoms. The molecular formula is C22H20N2O. The van der Waals surface area contributed by atoms with Crippen molar-refractivity contribution in [1.82, 2.24) is 9.88 Å². The lowest BCUT2D eigenvalue weighted by molar-refractivity contribution is 0.0691. The summed E-state index contributed by atoms with van der Waals surface area (Å²) in [5, 5.41) is 0. The van der Waals surface area contributed by atoms with Crippen LogP contribution in [0.4, 0.5) is 0 Å². The number of hydrogen-bond acceptors (Lipinski definition) is 2. The van der Waals surface area contributed by atoms with Gasteiger partial charge in [0.2, 0.25) is 0 Å². The van der Waals surface area contributed by atoms with E-state index in [2.05, 4.69) is 17.1 Å². The summed E-state index contributed by atoms with van der Waals surface area (Å²) in [6.07, 6.45) is 3.53. The van der Waals surface area contributed by atoms with Crippen LogP contribution in [-0.4, -0.2) is 15.8 Å². The molecule has 0 saturated heterocycles. The van der Waals surface area contributed by atoms with Gasteiger partial charge in [-0.15, -0.1) is 0 Å². The van der Waals surface area contributed by atoms with Crippen molar-refractivity contribution in [1.29, 1.82) is 0 Å². The van der Waals surface area contributed by atoms with Gasteiger partial charge in [0.15, 0.2) is 0 Å². The molecular weight excluding hydrogens is 308 g/mol. The standard InChI is InChI=1S/C22H20N2O/c25-22-20-12-5-4-10-18(20)16-24(22)21(17-8-2-1-3-9-17)14-13-19-11-6-7-15-23-19/h1-12,15,21H,13-14,16H2. The van der Waals surface area contributed by atoms with Crippen LogP contribution in [-0.2, 0) is 13.0 Å². The fourth-order valence-corrected chi connectivity index (χ4v) is 3.54. The molecule has 1 aromatic heterocycles. The van der Waals surface area contributed by atoms with Crippen LogP contribution >= 0.6 is 0 Å². The van der Waals surface area contributed by atoms with Gasteiger partial charge < -0.3 is 4.90 Å². The first-order chi connectivity index (χ1) is 12.3. The maximum atomic E-state index is 12.9. The molecule has 2 heterocycles. The van der Waals surface area contributed by atoms with Crippen LogP contribution in [0, 0.1) is 0 Å². The van der Waals surface area contributed by atoms with Crippen molar-refractivity contribution in [2.45, 2.75) is 25.4 Å². The number of carbonyl (C=O) groups excluding carboxylic acids is 1. The molecule has 0 N–H and O–H groups in total. The summed E-state index contributed by atoms with van der Waals surface area (Å²) in [7, 11) is 0. The zero-order chi connectivity index (χ0) is 17.1. The smallest absolute Gasteiger partial charge is 0.255 e. The minimum absolute atomic E-state index is 0.0584. The second-order valence-corrected chi connectivity index (χ2v) is 6.38. The van der Waals surface area contributed by atoms with E-state index >= 15 is 0 Å². The van der Waals surface area contributed by atoms with Gasteiger partial charge in [-0.3, -0.25) is 9.78 Å². The first kappa shape index (κ1) is 15.6. The second kappa shape index (κ2) is 6.89. The summed E-state index contributed by atoms with van der Waals surface area (Å²) in [5.41, 5.74) is 4.19. The van der Waals surface area contributed by atoms with Gasteiger partial charge in [-0.1, -0.05) is 54.6 Å². The van der Waals surface area contributed by atoms with E-state index in [0.29, 0.717) is 6.54 Å². The summed E-state index contributed by atoms with van der Waals surface area (Å²) in [6.45, 7) is 0.677. The Labute approximate surface area is 148 Å². The molecule has 1 aliphatic heterocycles. The molecule has 3 nitrogen and oxygen atoms in total. The molecule has 1 unspecified atom stereocenters. The molecule has 1 amide bonds. The molecule has 3 aromatic rings. The van der Waals surface area contributed by atoms with Crippen molar-refractivity contribution in [2.75, 3.05) is 0 Å². The third kappa shape index (κ3) is 3.18. The van der Waals surface area contributed by atoms with E-state index in [1.165, 1.54) is 5.56 Å². The third-order valence-electron chi connectivity index (χ3n) is 4.81. The molecule has 25 heavy (non-hydrogen) atoms. The topological polar surface area (TPSA) is 33.2 Å². The summed E-state index contributed by atoms with van der Waals surface area (Å²) in [5.74, 6) is 0.130. The Hall–Kier alpha value is -2.94. The van der Waals surface area contributed by atoms with Crippen molar-refractivity contribution >= 4 is 5.91 Å². The van der Waals surface area contributed by atoms with Gasteiger partial charge >= 0.3 is 0 Å². The lowest BCUT2D eigenvalue weighted by atomic mass is 9.99. The maximum absolute atomic E-state index is 12.9. The van der Waals surface area contributed by atoms with Crippen molar-refractivity contribution in [2.24, 2.45) is 0 Å². The molecule has 0 bridgehead atoms. The number of pyridine rings is 1. The summed E-state index contributed by atoms with van der Waals surface area (Å²) < 4.78 is 0. The molecule has 0 aliphatic carbocycles. The van der Waals surface area contributed by atoms with Gasteiger partial charge in [0, 0.05) is 24.0 Å². The first-order valence-electron chi connectivity index (χ1n) is 8.66. The van der Waals surface area contributed by atoms with E-state index < -0.39 is 0 Å². The summed E-state index contributed by atoms with van der Waals surface area (Å²) in [6, 6.07) is 24.3. The van der Waals surface area contributed by atoms with E-state index in [-0.39, 0.29) is 11.9 Å². The average molecular weight is 328 g/mol. The third-order valence-corrected chi connectivity index (χ3v) is 4.81. The maximum Gasteiger partial charge on any atom is 0.255 e. The second-order valence-electron chi connectivity index (χ2n) is 6.38. The first-order valence-corrected chi connectivity index (χ1v) is 8.66. The largest absolute Gasteiger partial charge is 0.327 e. The highest BCUT2D eigenvalue weighted by Crippen LogP contribution is 2.33. The Morgan fingerprint density at radius 3 is 2.44 bits per heavy atom. The van der Waals surface area contributed by atoms with Gasteiger partial charge in [-0.25, -0.2) is 0 Å². The van der Waals surface area contributed by atoms with Crippen molar-refractivity contribution in [3.8, 4) is 0 Å². The van der Waals surface area contributed by atoms with E-state index in [4.69, 9.17) is 0 Å². The predicted molar refractivity (Wildman–Crippen MR) is 98.1 cm³/mol. The number of rotatable bonds is 5. The van der Waals surface area contributed by atoms with Crippen molar-refractivity contribution in [3.63, 3.8) is 0 Å². The van der Waals surface area contributed by atoms with Gasteiger partial charge in [0.05, 0.1) is 6.04 Å². The Balaban J connectivity index is 1.61. The molecule has 0 fully saturated rings. The van der Waals surface area contributed by atoms with E-state index in [0.717, 1.165) is 29.7 Å². The van der Waals surface area contributed by atoms with E-state index in [9.17, 15) is 4.79 Å². The predicted octanol–water partition coefficient (Wildman–Crippen LogP) is 4.41. The molecule has 4 rings (SSSR count). The molecule has 1 atom stereocenters. The van der Waals surface area contributed by atoms with Gasteiger partial charge in [0.1, 0.15) is 0 Å². The Bertz CT molecular complexity index is 861. The fourth-order valence-electron chi connectivity index (χ4n) is 3.54. The normalized spacial score (nSPS) is 14.4. The summed E-state index contributed by atoms with van der Waals surface area (Å²) >= 11 is 0. The van der Waals surface area contributed by atoms with Gasteiger partial charge in [0.25, 0.3) is 5.91 Å². The number of carbonyl (C=O) groups is 1. The Morgan fingerprint density at radius 2 is 1.68 bits per heavy atom. The number of benzene rings is 2. The number of amides is 1. The number of nitrogens with zero attached hydrogens (tertiary/aromatic N) is 2. The van der Waals surface area contributed by atoms with Gasteiger partial charge in [-0.2, -0.15) is 0 Å². The highest BCUT2D eigenvalue weighted by Gasteiger charge is 2.32. The molecule has 2 aromatic carbocycles. The Morgan fingerprint density at radius 1 is 0.920 bits per heavy atom. The number of fused-ring (bicyclic) bond motifs is 1. The average Bonchev–Trinajstić information content (AvgIpc) is 3.01. The van der Waals surface area contributed by atoms with Crippen LogP contribution in [0.25, 0.3) is 0 Å². The zero-order valence-electron chi connectivity index (χ0n) is 14.0. The van der Waals surface area contributed by atoms with Crippen LogP contribution in [0.1, 0.15) is 39.6 Å². The quantitative estimate of drug-likeness (QED) is 0.695. The molecule has 1 aliphatic rings. The fraction of sp³-hybridized carbons (Fsp3) is 0.182. The monoisotopic (exact) mass is 328 g/mol. The Kier molecular flexibility index (Phi) is 4.30. The van der Waals surface area contributed by atoms with Crippen molar-refractivity contribution in [3.05, 3.63) is 101 Å². The van der Waals surface area contributed by atoms with Crippen LogP contribution in [0.5, 0.6) is 0 Å². The van der Waals surface area contributed by atoms with Crippen LogP contribution in [0.2, 0.25) is 0 Å². The van der Waals surface area contributed by atoms with Crippen molar-refractivity contribution < 1.29 is 4.79 Å². The molecule has 0 radical (unpaired) electrons. The number of aromatic nitrogens is 1. The molecule has 0 spiro atoms. The lowest BCUT2D eigenvalue weighted by Gasteiger charge is -2.28. The minimum atomic E-state index is 0.0584. The molecule has 0 saturated carbocycles. The highest BCUT2D eigenvalue weighted by molar-refractivity contribution is 5.98. The minimum Gasteiger partial charge on any atom is -0.327 e. The summed E-state index contributed by atoms with van der Waals surface area (Å²) in [4.78, 5) is 19.4.